The molecule has 1 aromatic heterocycles. The highest BCUT2D eigenvalue weighted by Crippen LogP contribution is 2.34. The van der Waals surface area contributed by atoms with Crippen LogP contribution in [0.4, 0.5) is 5.69 Å². The quantitative estimate of drug-likeness (QED) is 0.111. The molecule has 13 nitrogen and oxygen atoms in total. The first-order valence-corrected chi connectivity index (χ1v) is 21.3. The van der Waals surface area contributed by atoms with Crippen molar-refractivity contribution in [3.63, 3.8) is 0 Å². The van der Waals surface area contributed by atoms with E-state index in [-0.39, 0.29) is 48.0 Å². The van der Waals surface area contributed by atoms with E-state index in [9.17, 15) is 24.0 Å². The summed E-state index contributed by atoms with van der Waals surface area (Å²) in [6.45, 7) is 1.48. The van der Waals surface area contributed by atoms with Crippen LogP contribution in [-0.2, 0) is 28.7 Å². The topological polar surface area (TPSA) is 166 Å². The minimum atomic E-state index is -0.845. The van der Waals surface area contributed by atoms with Crippen LogP contribution >= 0.6 is 0 Å². The summed E-state index contributed by atoms with van der Waals surface area (Å²) in [4.78, 5) is 78.8. The van der Waals surface area contributed by atoms with Gasteiger partial charge in [-0.05, 0) is 78.5 Å². The molecule has 4 fully saturated rings. The monoisotopic (exact) mass is 819 g/mol. The van der Waals surface area contributed by atoms with Gasteiger partial charge in [0.1, 0.15) is 30.0 Å². The fraction of sp³-hybridized carbons (Fsp3) is 0.333. The second-order valence-electron chi connectivity index (χ2n) is 16.4. The lowest BCUT2D eigenvalue weighted by molar-refractivity contribution is -0.145. The van der Waals surface area contributed by atoms with Crippen molar-refractivity contribution in [1.29, 1.82) is 0 Å². The Morgan fingerprint density at radius 3 is 1.74 bits per heavy atom. The van der Waals surface area contributed by atoms with E-state index in [0.717, 1.165) is 53.6 Å². The number of hydrogen-bond donors (Lipinski definition) is 4. The molecule has 0 radical (unpaired) electrons. The number of carbonyl (C=O) groups excluding carboxylic acids is 5. The van der Waals surface area contributed by atoms with E-state index in [2.05, 4.69) is 25.9 Å². The van der Waals surface area contributed by atoms with Crippen LogP contribution in [-0.4, -0.2) is 81.6 Å². The molecule has 3 heterocycles. The van der Waals surface area contributed by atoms with Gasteiger partial charge < -0.3 is 35.5 Å². The number of nitrogens with one attached hydrogen (secondary N) is 4. The van der Waals surface area contributed by atoms with Gasteiger partial charge >= 0.3 is 0 Å². The lowest BCUT2D eigenvalue weighted by Gasteiger charge is -2.37. The SMILES string of the molecule is O=C(NC(C(=O)N1CCCC1C(=O)Nc1ccc(-c2ccc(-c3cnc(C4COCCN4C(=O)C(NC(=O)C4CC4)c4ccccc4)[nH]3)cc2)cc1)c1ccccc1)C1CC1. The van der Waals surface area contributed by atoms with Gasteiger partial charge in [0.25, 0.3) is 5.91 Å². The van der Waals surface area contributed by atoms with Crippen molar-refractivity contribution in [3.8, 4) is 22.4 Å². The summed E-state index contributed by atoms with van der Waals surface area (Å²) < 4.78 is 5.83. The van der Waals surface area contributed by atoms with Gasteiger partial charge in [-0.25, -0.2) is 4.98 Å². The maximum atomic E-state index is 14.2. The fourth-order valence-corrected chi connectivity index (χ4v) is 8.27. The van der Waals surface area contributed by atoms with Gasteiger partial charge in [-0.15, -0.1) is 0 Å². The molecule has 4 N–H and O–H groups in total. The van der Waals surface area contributed by atoms with Crippen LogP contribution in [0.15, 0.2) is 115 Å². The van der Waals surface area contributed by atoms with Crippen molar-refractivity contribution in [1.82, 2.24) is 30.4 Å². The highest BCUT2D eigenvalue weighted by atomic mass is 16.5. The second-order valence-corrected chi connectivity index (χ2v) is 16.4. The Morgan fingerprint density at radius 2 is 1.16 bits per heavy atom. The summed E-state index contributed by atoms with van der Waals surface area (Å²) in [5, 5.41) is 8.98. The van der Waals surface area contributed by atoms with E-state index < -0.39 is 24.2 Å². The van der Waals surface area contributed by atoms with Gasteiger partial charge in [0, 0.05) is 30.6 Å². The van der Waals surface area contributed by atoms with E-state index >= 15 is 0 Å². The molecule has 5 amide bonds. The Balaban J connectivity index is 0.840. The van der Waals surface area contributed by atoms with E-state index in [4.69, 9.17) is 4.74 Å². The number of likely N-dealkylation sites (tertiary alicyclic amines) is 1. The Kier molecular flexibility index (Phi) is 11.5. The van der Waals surface area contributed by atoms with Crippen LogP contribution in [0.1, 0.15) is 73.6 Å². The number of benzene rings is 4. The molecule has 9 rings (SSSR count). The smallest absolute Gasteiger partial charge is 0.250 e. The molecular weight excluding hydrogens is 771 g/mol. The van der Waals surface area contributed by atoms with Crippen LogP contribution in [0.3, 0.4) is 0 Å². The van der Waals surface area contributed by atoms with Crippen molar-refractivity contribution in [2.45, 2.75) is 62.7 Å². The zero-order valence-electron chi connectivity index (χ0n) is 33.8. The Morgan fingerprint density at radius 1 is 0.623 bits per heavy atom. The number of morpholine rings is 1. The van der Waals surface area contributed by atoms with E-state index in [1.165, 1.54) is 0 Å². The first-order chi connectivity index (χ1) is 29.8. The van der Waals surface area contributed by atoms with Crippen molar-refractivity contribution < 1.29 is 28.7 Å². The highest BCUT2D eigenvalue weighted by molar-refractivity contribution is 5.99. The zero-order valence-corrected chi connectivity index (χ0v) is 33.8. The minimum absolute atomic E-state index is 0.0348. The maximum Gasteiger partial charge on any atom is 0.250 e. The number of H-pyrrole nitrogens is 1. The Bertz CT molecular complexity index is 2380. The average Bonchev–Trinajstić information content (AvgIpc) is 4.24. The average molecular weight is 820 g/mol. The summed E-state index contributed by atoms with van der Waals surface area (Å²) >= 11 is 0. The number of ether oxygens (including phenoxy) is 1. The maximum absolute atomic E-state index is 14.2. The van der Waals surface area contributed by atoms with E-state index in [0.29, 0.717) is 49.6 Å². The molecule has 61 heavy (non-hydrogen) atoms. The molecule has 0 bridgehead atoms. The van der Waals surface area contributed by atoms with Crippen molar-refractivity contribution in [2.24, 2.45) is 11.8 Å². The molecule has 4 aliphatic rings. The molecule has 2 saturated heterocycles. The third-order valence-electron chi connectivity index (χ3n) is 12.1. The minimum Gasteiger partial charge on any atom is -0.377 e. The molecule has 4 atom stereocenters. The number of imidazole rings is 1. The highest BCUT2D eigenvalue weighted by Gasteiger charge is 2.41. The second kappa shape index (κ2) is 17.6. The van der Waals surface area contributed by atoms with E-state index in [1.54, 1.807) is 16.0 Å². The number of hydrogen-bond acceptors (Lipinski definition) is 7. The predicted octanol–water partition coefficient (Wildman–Crippen LogP) is 6.11. The first kappa shape index (κ1) is 39.8. The van der Waals surface area contributed by atoms with Gasteiger partial charge in [0.2, 0.25) is 23.6 Å². The molecule has 5 aromatic rings. The number of aromatic amines is 1. The molecule has 312 valence electrons. The molecule has 4 unspecified atom stereocenters. The van der Waals surface area contributed by atoms with Crippen LogP contribution < -0.4 is 16.0 Å². The number of carbonyl (C=O) groups is 5. The van der Waals surface area contributed by atoms with Crippen molar-refractivity contribution in [3.05, 3.63) is 132 Å². The third kappa shape index (κ3) is 8.97. The van der Waals surface area contributed by atoms with E-state index in [1.807, 2.05) is 109 Å². The van der Waals surface area contributed by atoms with Crippen LogP contribution in [0, 0.1) is 11.8 Å². The van der Waals surface area contributed by atoms with Crippen molar-refractivity contribution >= 4 is 35.2 Å². The standard InChI is InChI=1S/C48H49N7O6/c56-44(35-17-18-35)52-41(33-8-3-1-4-9-33)47(59)54-25-7-12-39(54)46(58)50-37-23-21-31(22-24-37)30-13-15-32(16-14-30)38-28-49-43(51-38)40-29-61-27-26-55(40)48(60)42(34-10-5-2-6-11-34)53-45(57)36-19-20-36/h1-6,8-11,13-16,21-24,28,35-36,39-42H,7,12,17-20,25-27,29H2,(H,49,51)(H,50,58)(H,52,56)(H,53,57). The third-order valence-corrected chi connectivity index (χ3v) is 12.1. The Hall–Kier alpha value is -6.60. The number of amides is 5. The Labute approximate surface area is 354 Å². The molecule has 4 aromatic carbocycles. The fourth-order valence-electron chi connectivity index (χ4n) is 8.27. The zero-order chi connectivity index (χ0) is 41.9. The number of anilines is 1. The lowest BCUT2D eigenvalue weighted by atomic mass is 10.0. The predicted molar refractivity (Wildman–Crippen MR) is 228 cm³/mol. The van der Waals surface area contributed by atoms with Gasteiger partial charge in [-0.1, -0.05) is 97.1 Å². The molecule has 13 heteroatoms. The molecule has 2 saturated carbocycles. The van der Waals surface area contributed by atoms with Gasteiger partial charge in [0.05, 0.1) is 25.1 Å². The summed E-state index contributed by atoms with van der Waals surface area (Å²) in [6.07, 6.45) is 6.34. The first-order valence-electron chi connectivity index (χ1n) is 21.3. The van der Waals surface area contributed by atoms with Crippen LogP contribution in [0.2, 0.25) is 0 Å². The van der Waals surface area contributed by atoms with Gasteiger partial charge in [-0.3, -0.25) is 24.0 Å². The summed E-state index contributed by atoms with van der Waals surface area (Å²) in [7, 11) is 0. The van der Waals surface area contributed by atoms with Gasteiger partial charge in [-0.2, -0.15) is 0 Å². The van der Waals surface area contributed by atoms with Crippen LogP contribution in [0.25, 0.3) is 22.4 Å². The molecule has 2 aliphatic carbocycles. The number of rotatable bonds is 13. The number of nitrogens with zero attached hydrogens (tertiary/aromatic N) is 3. The largest absolute Gasteiger partial charge is 0.377 e. The molecule has 0 spiro atoms. The summed E-state index contributed by atoms with van der Waals surface area (Å²) in [6, 6.07) is 31.4. The number of aromatic nitrogens is 2. The molecule has 2 aliphatic heterocycles. The normalized spacial score (nSPS) is 19.7. The summed E-state index contributed by atoms with van der Waals surface area (Å²) in [5.74, 6) is -0.422. The van der Waals surface area contributed by atoms with Gasteiger partial charge in [0.15, 0.2) is 0 Å². The van der Waals surface area contributed by atoms with Crippen molar-refractivity contribution in [2.75, 3.05) is 31.6 Å². The lowest BCUT2D eigenvalue weighted by Crippen LogP contribution is -2.49. The molecular formula is C48H49N7O6. The van der Waals surface area contributed by atoms with Crippen LogP contribution in [0.5, 0.6) is 0 Å². The summed E-state index contributed by atoms with van der Waals surface area (Å²) in [5.41, 5.74) is 5.70.